The Balaban J connectivity index is 2.13. The van der Waals surface area contributed by atoms with Crippen molar-refractivity contribution >= 4 is 5.91 Å². The van der Waals surface area contributed by atoms with Gasteiger partial charge in [0.2, 0.25) is 5.91 Å². The average molecular weight is 215 g/mol. The molecule has 3 rings (SSSR count). The first-order valence-electron chi connectivity index (χ1n) is 6.10. The van der Waals surface area contributed by atoms with Crippen molar-refractivity contribution in [1.82, 2.24) is 5.32 Å². The number of rotatable bonds is 0. The summed E-state index contributed by atoms with van der Waals surface area (Å²) in [6, 6.07) is 8.91. The van der Waals surface area contributed by atoms with Crippen LogP contribution >= 0.6 is 0 Å². The van der Waals surface area contributed by atoms with E-state index in [2.05, 4.69) is 36.5 Å². The Morgan fingerprint density at radius 1 is 1.38 bits per heavy atom. The molecule has 0 bridgehead atoms. The molecular weight excluding hydrogens is 198 g/mol. The lowest BCUT2D eigenvalue weighted by atomic mass is 9.66. The lowest BCUT2D eigenvalue weighted by molar-refractivity contribution is -0.119. The third kappa shape index (κ3) is 1.22. The van der Waals surface area contributed by atoms with E-state index in [1.54, 1.807) is 0 Å². The molecule has 1 aromatic rings. The predicted molar refractivity (Wildman–Crippen MR) is 63.3 cm³/mol. The topological polar surface area (TPSA) is 29.1 Å². The van der Waals surface area contributed by atoms with Gasteiger partial charge in [0.05, 0.1) is 0 Å². The van der Waals surface area contributed by atoms with Crippen LogP contribution in [0.3, 0.4) is 0 Å². The van der Waals surface area contributed by atoms with Crippen LogP contribution in [0.15, 0.2) is 24.3 Å². The number of aryl methyl sites for hydroxylation is 1. The lowest BCUT2D eigenvalue weighted by Crippen LogP contribution is -2.40. The predicted octanol–water partition coefficient (Wildman–Crippen LogP) is 2.17. The fourth-order valence-corrected chi connectivity index (χ4v) is 3.46. The Morgan fingerprint density at radius 2 is 2.19 bits per heavy atom. The quantitative estimate of drug-likeness (QED) is 0.706. The molecule has 2 unspecified atom stereocenters. The molecule has 1 aliphatic heterocycles. The van der Waals surface area contributed by atoms with Gasteiger partial charge in [-0.25, -0.2) is 0 Å². The second-order valence-corrected chi connectivity index (χ2v) is 5.13. The highest BCUT2D eigenvalue weighted by atomic mass is 16.2. The maximum Gasteiger partial charge on any atom is 0.221 e. The van der Waals surface area contributed by atoms with E-state index in [1.807, 2.05) is 0 Å². The van der Waals surface area contributed by atoms with Gasteiger partial charge in [0.1, 0.15) is 0 Å². The summed E-state index contributed by atoms with van der Waals surface area (Å²) in [5, 5.41) is 3.08. The highest BCUT2D eigenvalue weighted by Crippen LogP contribution is 2.45. The van der Waals surface area contributed by atoms with E-state index in [-0.39, 0.29) is 17.4 Å². The minimum Gasteiger partial charge on any atom is -0.353 e. The van der Waals surface area contributed by atoms with E-state index in [0.29, 0.717) is 6.42 Å². The van der Waals surface area contributed by atoms with Gasteiger partial charge in [-0.1, -0.05) is 24.3 Å². The summed E-state index contributed by atoms with van der Waals surface area (Å²) in [5.74, 6) is 0.212. The number of fused-ring (bicyclic) bond motifs is 2. The van der Waals surface area contributed by atoms with Crippen molar-refractivity contribution in [3.05, 3.63) is 35.4 Å². The SMILES string of the molecule is CC1NC(=O)CC12CCCc1ccccc12. The fourth-order valence-electron chi connectivity index (χ4n) is 3.46. The average Bonchev–Trinajstić information content (AvgIpc) is 2.55. The van der Waals surface area contributed by atoms with E-state index >= 15 is 0 Å². The molecule has 2 heteroatoms. The van der Waals surface area contributed by atoms with E-state index in [0.717, 1.165) is 6.42 Å². The summed E-state index contributed by atoms with van der Waals surface area (Å²) >= 11 is 0. The van der Waals surface area contributed by atoms with E-state index in [9.17, 15) is 4.79 Å². The molecule has 1 aliphatic carbocycles. The smallest absolute Gasteiger partial charge is 0.221 e. The molecule has 1 spiro atoms. The molecule has 16 heavy (non-hydrogen) atoms. The first-order chi connectivity index (χ1) is 7.72. The number of carbonyl (C=O) groups is 1. The second-order valence-electron chi connectivity index (χ2n) is 5.13. The van der Waals surface area contributed by atoms with E-state index < -0.39 is 0 Å². The number of nitrogens with one attached hydrogen (secondary N) is 1. The normalized spacial score (nSPS) is 32.6. The van der Waals surface area contributed by atoms with Gasteiger partial charge >= 0.3 is 0 Å². The van der Waals surface area contributed by atoms with Gasteiger partial charge in [-0.15, -0.1) is 0 Å². The van der Waals surface area contributed by atoms with Crippen LogP contribution in [0.4, 0.5) is 0 Å². The molecule has 1 N–H and O–H groups in total. The lowest BCUT2D eigenvalue weighted by Gasteiger charge is -2.38. The van der Waals surface area contributed by atoms with Crippen molar-refractivity contribution in [3.63, 3.8) is 0 Å². The number of hydrogen-bond donors (Lipinski definition) is 1. The summed E-state index contributed by atoms with van der Waals surface area (Å²) in [5.41, 5.74) is 2.93. The summed E-state index contributed by atoms with van der Waals surface area (Å²) in [6.45, 7) is 2.15. The minimum absolute atomic E-state index is 0.0753. The van der Waals surface area contributed by atoms with E-state index in [1.165, 1.54) is 24.0 Å². The van der Waals surface area contributed by atoms with Gasteiger partial charge < -0.3 is 5.32 Å². The number of carbonyl (C=O) groups excluding carboxylic acids is 1. The number of benzene rings is 1. The first kappa shape index (κ1) is 9.88. The summed E-state index contributed by atoms with van der Waals surface area (Å²) in [4.78, 5) is 11.6. The van der Waals surface area contributed by atoms with Gasteiger partial charge in [-0.2, -0.15) is 0 Å². The molecule has 1 aromatic carbocycles. The molecule has 2 atom stereocenters. The Bertz CT molecular complexity index is 440. The zero-order valence-corrected chi connectivity index (χ0v) is 9.62. The van der Waals surface area contributed by atoms with Crippen LogP contribution in [0.2, 0.25) is 0 Å². The molecule has 2 nitrogen and oxygen atoms in total. The summed E-state index contributed by atoms with van der Waals surface area (Å²) < 4.78 is 0. The van der Waals surface area contributed by atoms with Gasteiger partial charge in [-0.05, 0) is 37.3 Å². The first-order valence-corrected chi connectivity index (χ1v) is 6.10. The highest BCUT2D eigenvalue weighted by Gasteiger charge is 2.47. The Labute approximate surface area is 96.1 Å². The molecule has 0 aromatic heterocycles. The largest absolute Gasteiger partial charge is 0.353 e. The molecule has 1 amide bonds. The Kier molecular flexibility index (Phi) is 2.06. The molecule has 1 fully saturated rings. The zero-order chi connectivity index (χ0) is 11.2. The molecular formula is C14H17NO. The van der Waals surface area contributed by atoms with Crippen molar-refractivity contribution in [3.8, 4) is 0 Å². The van der Waals surface area contributed by atoms with Gasteiger partial charge in [0, 0.05) is 17.9 Å². The van der Waals surface area contributed by atoms with Crippen molar-refractivity contribution in [2.75, 3.05) is 0 Å². The summed E-state index contributed by atoms with van der Waals surface area (Å²) in [6.07, 6.45) is 4.18. The van der Waals surface area contributed by atoms with Crippen molar-refractivity contribution in [2.24, 2.45) is 0 Å². The highest BCUT2D eigenvalue weighted by molar-refractivity contribution is 5.81. The van der Waals surface area contributed by atoms with Crippen LogP contribution in [-0.4, -0.2) is 11.9 Å². The van der Waals surface area contributed by atoms with Gasteiger partial charge in [0.15, 0.2) is 0 Å². The van der Waals surface area contributed by atoms with Crippen LogP contribution in [0.5, 0.6) is 0 Å². The third-order valence-corrected chi connectivity index (χ3v) is 4.31. The Morgan fingerprint density at radius 3 is 2.94 bits per heavy atom. The minimum atomic E-state index is 0.0753. The van der Waals surface area contributed by atoms with Gasteiger partial charge in [-0.3, -0.25) is 4.79 Å². The van der Waals surface area contributed by atoms with Crippen LogP contribution in [0.25, 0.3) is 0 Å². The maximum absolute atomic E-state index is 11.6. The monoisotopic (exact) mass is 215 g/mol. The maximum atomic E-state index is 11.6. The zero-order valence-electron chi connectivity index (χ0n) is 9.62. The van der Waals surface area contributed by atoms with Crippen molar-refractivity contribution in [1.29, 1.82) is 0 Å². The molecule has 1 saturated heterocycles. The van der Waals surface area contributed by atoms with Crippen LogP contribution in [0, 0.1) is 0 Å². The van der Waals surface area contributed by atoms with Crippen LogP contribution < -0.4 is 5.32 Å². The fraction of sp³-hybridized carbons (Fsp3) is 0.500. The number of amides is 1. The van der Waals surface area contributed by atoms with Crippen LogP contribution in [-0.2, 0) is 16.6 Å². The Hall–Kier alpha value is -1.31. The standard InChI is InChI=1S/C14H17NO/c1-10-14(9-13(16)15-10)8-4-6-11-5-2-3-7-12(11)14/h2-3,5,7,10H,4,6,8-9H2,1H3,(H,15,16). The second kappa shape index (κ2) is 3.34. The van der Waals surface area contributed by atoms with Crippen molar-refractivity contribution < 1.29 is 4.79 Å². The molecule has 0 radical (unpaired) electrons. The molecule has 84 valence electrons. The van der Waals surface area contributed by atoms with Crippen LogP contribution in [0.1, 0.15) is 37.3 Å². The molecule has 1 heterocycles. The third-order valence-electron chi connectivity index (χ3n) is 4.31. The van der Waals surface area contributed by atoms with Crippen molar-refractivity contribution in [2.45, 2.75) is 44.1 Å². The van der Waals surface area contributed by atoms with Gasteiger partial charge in [0.25, 0.3) is 0 Å². The van der Waals surface area contributed by atoms with E-state index in [4.69, 9.17) is 0 Å². The number of hydrogen-bond acceptors (Lipinski definition) is 1. The molecule has 2 aliphatic rings. The molecule has 0 saturated carbocycles. The summed E-state index contributed by atoms with van der Waals surface area (Å²) in [7, 11) is 0.